The van der Waals surface area contributed by atoms with Crippen LogP contribution in [0.4, 0.5) is 4.39 Å². The average molecular weight is 275 g/mol. The van der Waals surface area contributed by atoms with Crippen LogP contribution in [0.25, 0.3) is 0 Å². The van der Waals surface area contributed by atoms with Crippen molar-refractivity contribution in [1.29, 1.82) is 0 Å². The third-order valence-corrected chi connectivity index (χ3v) is 3.78. The van der Waals surface area contributed by atoms with Gasteiger partial charge in [0, 0.05) is 37.9 Å². The standard InChI is InChI=1S/C15H18FN3O/c1-18-8-11(7-17-18)9-19-10-14(20)6-15(19)12-2-4-13(16)5-3-12/h2-5,7-8,14-15,20H,6,9-10H2,1H3/t14-,15+/m1/s1. The van der Waals surface area contributed by atoms with Crippen molar-refractivity contribution in [3.63, 3.8) is 0 Å². The van der Waals surface area contributed by atoms with Crippen LogP contribution in [0.1, 0.15) is 23.6 Å². The molecule has 0 amide bonds. The number of halogens is 1. The zero-order valence-electron chi connectivity index (χ0n) is 11.4. The van der Waals surface area contributed by atoms with Crippen LogP contribution in [0.2, 0.25) is 0 Å². The maximum atomic E-state index is 13.0. The second-order valence-corrected chi connectivity index (χ2v) is 5.41. The molecule has 1 aliphatic heterocycles. The van der Waals surface area contributed by atoms with Gasteiger partial charge in [-0.05, 0) is 24.1 Å². The number of likely N-dealkylation sites (tertiary alicyclic amines) is 1. The molecule has 1 aromatic heterocycles. The Kier molecular flexibility index (Phi) is 3.54. The zero-order chi connectivity index (χ0) is 14.1. The molecular weight excluding hydrogens is 257 g/mol. The Balaban J connectivity index is 1.79. The van der Waals surface area contributed by atoms with E-state index in [4.69, 9.17) is 0 Å². The molecule has 1 saturated heterocycles. The van der Waals surface area contributed by atoms with E-state index in [-0.39, 0.29) is 18.0 Å². The molecule has 0 spiro atoms. The number of aryl methyl sites for hydroxylation is 1. The highest BCUT2D eigenvalue weighted by Crippen LogP contribution is 2.33. The van der Waals surface area contributed by atoms with Crippen molar-refractivity contribution in [1.82, 2.24) is 14.7 Å². The van der Waals surface area contributed by atoms with Crippen LogP contribution >= 0.6 is 0 Å². The van der Waals surface area contributed by atoms with E-state index in [9.17, 15) is 9.50 Å². The lowest BCUT2D eigenvalue weighted by Crippen LogP contribution is -2.24. The third kappa shape index (κ3) is 2.73. The highest BCUT2D eigenvalue weighted by Gasteiger charge is 2.32. The summed E-state index contributed by atoms with van der Waals surface area (Å²) < 4.78 is 14.8. The van der Waals surface area contributed by atoms with Crippen LogP contribution in [-0.4, -0.2) is 32.4 Å². The van der Waals surface area contributed by atoms with Crippen molar-refractivity contribution in [2.24, 2.45) is 7.05 Å². The van der Waals surface area contributed by atoms with Gasteiger partial charge < -0.3 is 5.11 Å². The third-order valence-electron chi connectivity index (χ3n) is 3.78. The van der Waals surface area contributed by atoms with E-state index in [0.717, 1.165) is 17.7 Å². The van der Waals surface area contributed by atoms with Crippen LogP contribution in [0.3, 0.4) is 0 Å². The molecular formula is C15H18FN3O. The van der Waals surface area contributed by atoms with Gasteiger partial charge in [0.25, 0.3) is 0 Å². The average Bonchev–Trinajstić information content (AvgIpc) is 2.97. The minimum atomic E-state index is -0.332. The summed E-state index contributed by atoms with van der Waals surface area (Å²) in [5.74, 6) is -0.230. The zero-order valence-corrected chi connectivity index (χ0v) is 11.4. The van der Waals surface area contributed by atoms with Gasteiger partial charge in [-0.15, -0.1) is 0 Å². The summed E-state index contributed by atoms with van der Waals surface area (Å²) in [5.41, 5.74) is 2.17. The van der Waals surface area contributed by atoms with E-state index in [1.165, 1.54) is 12.1 Å². The van der Waals surface area contributed by atoms with Gasteiger partial charge in [-0.25, -0.2) is 4.39 Å². The fourth-order valence-electron chi connectivity index (χ4n) is 2.87. The highest BCUT2D eigenvalue weighted by atomic mass is 19.1. The van der Waals surface area contributed by atoms with Gasteiger partial charge in [-0.3, -0.25) is 9.58 Å². The summed E-state index contributed by atoms with van der Waals surface area (Å²) in [5, 5.41) is 14.1. The number of hydrogen-bond acceptors (Lipinski definition) is 3. The first-order chi connectivity index (χ1) is 9.61. The Labute approximate surface area is 117 Å². The Morgan fingerprint density at radius 3 is 2.75 bits per heavy atom. The van der Waals surface area contributed by atoms with Crippen molar-refractivity contribution in [3.05, 3.63) is 53.6 Å². The molecule has 1 aromatic carbocycles. The SMILES string of the molecule is Cn1cc(CN2C[C@H](O)C[C@H]2c2ccc(F)cc2)cn1. The molecule has 20 heavy (non-hydrogen) atoms. The highest BCUT2D eigenvalue weighted by molar-refractivity contribution is 5.22. The van der Waals surface area contributed by atoms with Gasteiger partial charge >= 0.3 is 0 Å². The molecule has 2 heterocycles. The van der Waals surface area contributed by atoms with Crippen LogP contribution in [0.5, 0.6) is 0 Å². The number of aliphatic hydroxyl groups is 1. The number of rotatable bonds is 3. The molecule has 0 radical (unpaired) electrons. The summed E-state index contributed by atoms with van der Waals surface area (Å²) >= 11 is 0. The number of aromatic nitrogens is 2. The van der Waals surface area contributed by atoms with Crippen molar-refractivity contribution in [3.8, 4) is 0 Å². The lowest BCUT2D eigenvalue weighted by molar-refractivity contribution is 0.172. The molecule has 3 rings (SSSR count). The molecule has 1 N–H and O–H groups in total. The summed E-state index contributed by atoms with van der Waals surface area (Å²) in [6.45, 7) is 1.38. The molecule has 0 saturated carbocycles. The molecule has 4 nitrogen and oxygen atoms in total. The minimum absolute atomic E-state index is 0.130. The van der Waals surface area contributed by atoms with Gasteiger partial charge in [0.15, 0.2) is 0 Å². The Morgan fingerprint density at radius 2 is 2.10 bits per heavy atom. The molecule has 5 heteroatoms. The Bertz CT molecular complexity index is 581. The molecule has 1 aliphatic rings. The lowest BCUT2D eigenvalue weighted by atomic mass is 10.0. The van der Waals surface area contributed by atoms with Gasteiger partial charge in [0.05, 0.1) is 12.3 Å². The second-order valence-electron chi connectivity index (χ2n) is 5.41. The monoisotopic (exact) mass is 275 g/mol. The van der Waals surface area contributed by atoms with Gasteiger partial charge in [0.1, 0.15) is 5.82 Å². The Hall–Kier alpha value is -1.72. The summed E-state index contributed by atoms with van der Waals surface area (Å²) in [6, 6.07) is 6.68. The molecule has 2 aromatic rings. The first kappa shape index (κ1) is 13.3. The van der Waals surface area contributed by atoms with Crippen LogP contribution < -0.4 is 0 Å². The molecule has 2 atom stereocenters. The lowest BCUT2D eigenvalue weighted by Gasteiger charge is -2.23. The van der Waals surface area contributed by atoms with E-state index in [1.54, 1.807) is 16.8 Å². The smallest absolute Gasteiger partial charge is 0.123 e. The van der Waals surface area contributed by atoms with Crippen LogP contribution in [0.15, 0.2) is 36.7 Å². The van der Waals surface area contributed by atoms with E-state index in [2.05, 4.69) is 10.00 Å². The minimum Gasteiger partial charge on any atom is -0.392 e. The van der Waals surface area contributed by atoms with Gasteiger partial charge in [-0.1, -0.05) is 12.1 Å². The number of β-amino-alcohol motifs (C(OH)–C–C–N with tert-alkyl or cyclic N) is 1. The van der Waals surface area contributed by atoms with E-state index in [1.807, 2.05) is 19.4 Å². The molecule has 0 aliphatic carbocycles. The summed E-state index contributed by atoms with van der Waals surface area (Å²) in [7, 11) is 1.89. The van der Waals surface area contributed by atoms with Gasteiger partial charge in [-0.2, -0.15) is 5.10 Å². The molecule has 0 bridgehead atoms. The number of benzene rings is 1. The van der Waals surface area contributed by atoms with Crippen LogP contribution in [-0.2, 0) is 13.6 Å². The van der Waals surface area contributed by atoms with Crippen molar-refractivity contribution in [2.45, 2.75) is 25.1 Å². The number of aliphatic hydroxyl groups excluding tert-OH is 1. The largest absolute Gasteiger partial charge is 0.392 e. The topological polar surface area (TPSA) is 41.3 Å². The predicted octanol–water partition coefficient (Wildman–Crippen LogP) is 1.87. The summed E-state index contributed by atoms with van der Waals surface area (Å²) in [4.78, 5) is 2.22. The summed E-state index contributed by atoms with van der Waals surface area (Å²) in [6.07, 6.45) is 4.17. The van der Waals surface area contributed by atoms with Crippen LogP contribution in [0, 0.1) is 5.82 Å². The van der Waals surface area contributed by atoms with E-state index < -0.39 is 0 Å². The van der Waals surface area contributed by atoms with Crippen molar-refractivity contribution >= 4 is 0 Å². The maximum absolute atomic E-state index is 13.0. The fourth-order valence-corrected chi connectivity index (χ4v) is 2.87. The van der Waals surface area contributed by atoms with Gasteiger partial charge in [0.2, 0.25) is 0 Å². The molecule has 1 fully saturated rings. The van der Waals surface area contributed by atoms with E-state index >= 15 is 0 Å². The first-order valence-corrected chi connectivity index (χ1v) is 6.77. The normalized spacial score (nSPS) is 23.4. The predicted molar refractivity (Wildman–Crippen MR) is 73.4 cm³/mol. The molecule has 106 valence electrons. The van der Waals surface area contributed by atoms with E-state index in [0.29, 0.717) is 13.0 Å². The molecule has 0 unspecified atom stereocenters. The van der Waals surface area contributed by atoms with Crippen molar-refractivity contribution in [2.75, 3.05) is 6.54 Å². The second kappa shape index (κ2) is 5.34. The Morgan fingerprint density at radius 1 is 1.35 bits per heavy atom. The maximum Gasteiger partial charge on any atom is 0.123 e. The number of nitrogens with zero attached hydrogens (tertiary/aromatic N) is 3. The van der Waals surface area contributed by atoms with Crippen molar-refractivity contribution < 1.29 is 9.50 Å². The fraction of sp³-hybridized carbons (Fsp3) is 0.400. The first-order valence-electron chi connectivity index (χ1n) is 6.77. The number of hydrogen-bond donors (Lipinski definition) is 1. The quantitative estimate of drug-likeness (QED) is 0.929.